The van der Waals surface area contributed by atoms with Crippen LogP contribution >= 0.6 is 0 Å². The van der Waals surface area contributed by atoms with Gasteiger partial charge in [0.1, 0.15) is 0 Å². The molecule has 0 bridgehead atoms. The van der Waals surface area contributed by atoms with Crippen LogP contribution in [-0.2, 0) is 14.3 Å². The molecule has 74 valence electrons. The van der Waals surface area contributed by atoms with Crippen molar-refractivity contribution in [3.8, 4) is 0 Å². The molecule has 4 nitrogen and oxygen atoms in total. The van der Waals surface area contributed by atoms with Gasteiger partial charge in [-0.2, -0.15) is 0 Å². The van der Waals surface area contributed by atoms with E-state index in [0.717, 1.165) is 0 Å². The first kappa shape index (κ1) is 10.0. The average Bonchev–Trinajstić information content (AvgIpc) is 2.04. The van der Waals surface area contributed by atoms with Crippen molar-refractivity contribution in [1.82, 2.24) is 5.32 Å². The van der Waals surface area contributed by atoms with E-state index in [2.05, 4.69) is 5.32 Å². The number of carbonyl (C=O) groups is 2. The van der Waals surface area contributed by atoms with Gasteiger partial charge < -0.3 is 10.1 Å². The molecule has 2 atom stereocenters. The summed E-state index contributed by atoms with van der Waals surface area (Å²) in [6, 6.07) is -0.0969. The zero-order valence-corrected chi connectivity index (χ0v) is 8.00. The molecule has 0 aliphatic carbocycles. The summed E-state index contributed by atoms with van der Waals surface area (Å²) < 4.78 is 4.90. The number of esters is 1. The Kier molecular flexibility index (Phi) is 3.28. The molecule has 1 aliphatic rings. The molecule has 4 heteroatoms. The first-order valence-corrected chi connectivity index (χ1v) is 4.61. The van der Waals surface area contributed by atoms with E-state index in [-0.39, 0.29) is 23.8 Å². The summed E-state index contributed by atoms with van der Waals surface area (Å²) in [6.45, 7) is 4.01. The SMILES string of the molecule is CCOC(=O)[C@H]1CCC(=O)N[C@@H]1C. The molecule has 0 aromatic rings. The lowest BCUT2D eigenvalue weighted by molar-refractivity contribution is -0.150. The third-order valence-electron chi connectivity index (χ3n) is 2.26. The highest BCUT2D eigenvalue weighted by molar-refractivity contribution is 5.81. The average molecular weight is 185 g/mol. The summed E-state index contributed by atoms with van der Waals surface area (Å²) >= 11 is 0. The molecule has 1 fully saturated rings. The predicted molar refractivity (Wildman–Crippen MR) is 47.0 cm³/mol. The third kappa shape index (κ3) is 2.44. The number of hydrogen-bond donors (Lipinski definition) is 1. The summed E-state index contributed by atoms with van der Waals surface area (Å²) in [6.07, 6.45) is 1.03. The molecular weight excluding hydrogens is 170 g/mol. The first-order chi connectivity index (χ1) is 6.15. The zero-order valence-electron chi connectivity index (χ0n) is 8.00. The van der Waals surface area contributed by atoms with Crippen LogP contribution in [0.1, 0.15) is 26.7 Å². The van der Waals surface area contributed by atoms with E-state index >= 15 is 0 Å². The number of ether oxygens (including phenoxy) is 1. The number of carbonyl (C=O) groups excluding carboxylic acids is 2. The maximum Gasteiger partial charge on any atom is 0.311 e. The summed E-state index contributed by atoms with van der Waals surface area (Å²) in [7, 11) is 0. The van der Waals surface area contributed by atoms with Crippen LogP contribution in [0.3, 0.4) is 0 Å². The molecule has 0 aromatic heterocycles. The maximum atomic E-state index is 11.3. The minimum Gasteiger partial charge on any atom is -0.466 e. The number of rotatable bonds is 2. The van der Waals surface area contributed by atoms with Crippen LogP contribution in [-0.4, -0.2) is 24.5 Å². The molecule has 0 aromatic carbocycles. The van der Waals surface area contributed by atoms with Crippen LogP contribution < -0.4 is 5.32 Å². The van der Waals surface area contributed by atoms with Gasteiger partial charge in [0.2, 0.25) is 5.91 Å². The smallest absolute Gasteiger partial charge is 0.311 e. The molecule has 0 saturated carbocycles. The second-order valence-corrected chi connectivity index (χ2v) is 3.25. The molecule has 13 heavy (non-hydrogen) atoms. The standard InChI is InChI=1S/C9H15NO3/c1-3-13-9(12)7-4-5-8(11)10-6(7)2/h6-7H,3-5H2,1-2H3,(H,10,11)/t6-,7+/m1/s1. The van der Waals surface area contributed by atoms with Crippen LogP contribution in [0.5, 0.6) is 0 Å². The Bertz CT molecular complexity index is 215. The Morgan fingerprint density at radius 2 is 2.38 bits per heavy atom. The van der Waals surface area contributed by atoms with Gasteiger partial charge in [0.05, 0.1) is 12.5 Å². The number of hydrogen-bond acceptors (Lipinski definition) is 3. The summed E-state index contributed by atoms with van der Waals surface area (Å²) in [4.78, 5) is 22.3. The molecule has 1 amide bonds. The summed E-state index contributed by atoms with van der Waals surface area (Å²) in [5.41, 5.74) is 0. The van der Waals surface area contributed by atoms with E-state index in [9.17, 15) is 9.59 Å². The van der Waals surface area contributed by atoms with Gasteiger partial charge in [-0.05, 0) is 20.3 Å². The van der Waals surface area contributed by atoms with Gasteiger partial charge in [0.25, 0.3) is 0 Å². The highest BCUT2D eigenvalue weighted by Crippen LogP contribution is 2.18. The molecule has 0 unspecified atom stereocenters. The van der Waals surface area contributed by atoms with Gasteiger partial charge in [-0.3, -0.25) is 9.59 Å². The minimum absolute atomic E-state index is 0.0213. The van der Waals surface area contributed by atoms with Crippen molar-refractivity contribution in [1.29, 1.82) is 0 Å². The lowest BCUT2D eigenvalue weighted by Gasteiger charge is -2.27. The van der Waals surface area contributed by atoms with Crippen molar-refractivity contribution in [3.63, 3.8) is 0 Å². The maximum absolute atomic E-state index is 11.3. The highest BCUT2D eigenvalue weighted by Gasteiger charge is 2.31. The fraction of sp³-hybridized carbons (Fsp3) is 0.778. The number of nitrogens with one attached hydrogen (secondary N) is 1. The van der Waals surface area contributed by atoms with E-state index in [1.165, 1.54) is 0 Å². The van der Waals surface area contributed by atoms with Crippen molar-refractivity contribution in [3.05, 3.63) is 0 Å². The van der Waals surface area contributed by atoms with Crippen LogP contribution in [0.2, 0.25) is 0 Å². The Morgan fingerprint density at radius 3 is 2.92 bits per heavy atom. The van der Waals surface area contributed by atoms with Crippen LogP contribution in [0.15, 0.2) is 0 Å². The Morgan fingerprint density at radius 1 is 1.69 bits per heavy atom. The molecule has 1 aliphatic heterocycles. The molecule has 1 N–H and O–H groups in total. The molecule has 1 heterocycles. The molecule has 0 spiro atoms. The van der Waals surface area contributed by atoms with E-state index in [1.807, 2.05) is 6.92 Å². The van der Waals surface area contributed by atoms with Crippen molar-refractivity contribution >= 4 is 11.9 Å². The first-order valence-electron chi connectivity index (χ1n) is 4.61. The molecule has 1 saturated heterocycles. The summed E-state index contributed by atoms with van der Waals surface area (Å²) in [5, 5.41) is 2.73. The fourth-order valence-corrected chi connectivity index (χ4v) is 1.53. The second kappa shape index (κ2) is 4.25. The summed E-state index contributed by atoms with van der Waals surface area (Å²) in [5.74, 6) is -0.347. The largest absolute Gasteiger partial charge is 0.466 e. The van der Waals surface area contributed by atoms with Crippen molar-refractivity contribution in [2.45, 2.75) is 32.7 Å². The van der Waals surface area contributed by atoms with E-state index in [0.29, 0.717) is 19.4 Å². The van der Waals surface area contributed by atoms with Crippen molar-refractivity contribution < 1.29 is 14.3 Å². The molecule has 1 rings (SSSR count). The van der Waals surface area contributed by atoms with Gasteiger partial charge >= 0.3 is 5.97 Å². The van der Waals surface area contributed by atoms with E-state index in [4.69, 9.17) is 4.74 Å². The van der Waals surface area contributed by atoms with Crippen LogP contribution in [0.4, 0.5) is 0 Å². The van der Waals surface area contributed by atoms with Gasteiger partial charge in [-0.15, -0.1) is 0 Å². The van der Waals surface area contributed by atoms with E-state index in [1.54, 1.807) is 6.92 Å². The lowest BCUT2D eigenvalue weighted by atomic mass is 9.92. The molecular formula is C9H15NO3. The Labute approximate surface area is 77.6 Å². The number of piperidine rings is 1. The Hall–Kier alpha value is -1.06. The van der Waals surface area contributed by atoms with Gasteiger partial charge in [-0.25, -0.2) is 0 Å². The van der Waals surface area contributed by atoms with Crippen LogP contribution in [0.25, 0.3) is 0 Å². The van der Waals surface area contributed by atoms with Crippen molar-refractivity contribution in [2.75, 3.05) is 6.61 Å². The quantitative estimate of drug-likeness (QED) is 0.636. The fourth-order valence-electron chi connectivity index (χ4n) is 1.53. The van der Waals surface area contributed by atoms with E-state index < -0.39 is 0 Å². The second-order valence-electron chi connectivity index (χ2n) is 3.25. The lowest BCUT2D eigenvalue weighted by Crippen LogP contribution is -2.46. The highest BCUT2D eigenvalue weighted by atomic mass is 16.5. The minimum atomic E-state index is -0.199. The topological polar surface area (TPSA) is 55.4 Å². The van der Waals surface area contributed by atoms with Gasteiger partial charge in [-0.1, -0.05) is 0 Å². The normalized spacial score (nSPS) is 28.0. The molecule has 0 radical (unpaired) electrons. The monoisotopic (exact) mass is 185 g/mol. The predicted octanol–water partition coefficient (Wildman–Crippen LogP) is 0.464. The third-order valence-corrected chi connectivity index (χ3v) is 2.26. The number of amides is 1. The van der Waals surface area contributed by atoms with Gasteiger partial charge in [0.15, 0.2) is 0 Å². The van der Waals surface area contributed by atoms with Gasteiger partial charge in [0, 0.05) is 12.5 Å². The van der Waals surface area contributed by atoms with Crippen molar-refractivity contribution in [2.24, 2.45) is 5.92 Å². The zero-order chi connectivity index (χ0) is 9.84. The Balaban J connectivity index is 2.50. The van der Waals surface area contributed by atoms with Crippen LogP contribution in [0, 0.1) is 5.92 Å².